The number of hydrogen-bond acceptors (Lipinski definition) is 6. The zero-order valence-electron chi connectivity index (χ0n) is 17.1. The van der Waals surface area contributed by atoms with Crippen LogP contribution in [0.4, 0.5) is 0 Å². The highest BCUT2D eigenvalue weighted by Crippen LogP contribution is 2.22. The number of methoxy groups -OCH3 is 1. The zero-order valence-corrected chi connectivity index (χ0v) is 17.1. The summed E-state index contributed by atoms with van der Waals surface area (Å²) in [7, 11) is 3.30. The van der Waals surface area contributed by atoms with Crippen LogP contribution in [0.15, 0.2) is 53.1 Å². The highest BCUT2D eigenvalue weighted by molar-refractivity contribution is 5.81. The molecule has 3 rings (SSSR count). The standard InChI is InChI=1S/C22H25N3O4/c1-5-18(28-19-12-7-6-9-15(19)2)22(26)25(3)14-20-23-21(24-29-20)16-10-8-11-17(13-16)27-4/h6-13,18H,5,14H2,1-4H3. The molecule has 0 radical (unpaired) electrons. The van der Waals surface area contributed by atoms with Crippen LogP contribution < -0.4 is 9.47 Å². The molecule has 1 unspecified atom stereocenters. The Balaban J connectivity index is 1.67. The molecule has 0 spiro atoms. The molecule has 0 saturated heterocycles. The summed E-state index contributed by atoms with van der Waals surface area (Å²) < 4.78 is 16.5. The van der Waals surface area contributed by atoms with E-state index < -0.39 is 6.10 Å². The van der Waals surface area contributed by atoms with Gasteiger partial charge in [0.15, 0.2) is 6.10 Å². The minimum atomic E-state index is -0.582. The van der Waals surface area contributed by atoms with Gasteiger partial charge in [-0.25, -0.2) is 0 Å². The Morgan fingerprint density at radius 1 is 1.21 bits per heavy atom. The van der Waals surface area contributed by atoms with Gasteiger partial charge in [0.2, 0.25) is 11.7 Å². The van der Waals surface area contributed by atoms with Gasteiger partial charge in [0.05, 0.1) is 13.7 Å². The summed E-state index contributed by atoms with van der Waals surface area (Å²) in [6.07, 6.45) is -0.0296. The predicted molar refractivity (Wildman–Crippen MR) is 109 cm³/mol. The van der Waals surface area contributed by atoms with Crippen molar-refractivity contribution in [1.29, 1.82) is 0 Å². The monoisotopic (exact) mass is 395 g/mol. The van der Waals surface area contributed by atoms with Crippen LogP contribution in [0.2, 0.25) is 0 Å². The van der Waals surface area contributed by atoms with Crippen LogP contribution in [0.3, 0.4) is 0 Å². The average Bonchev–Trinajstić information content (AvgIpc) is 3.21. The Hall–Kier alpha value is -3.35. The van der Waals surface area contributed by atoms with E-state index in [1.165, 1.54) is 4.90 Å². The third-order valence-corrected chi connectivity index (χ3v) is 4.55. The molecule has 0 fully saturated rings. The number of rotatable bonds is 8. The lowest BCUT2D eigenvalue weighted by molar-refractivity contribution is -0.138. The minimum Gasteiger partial charge on any atom is -0.497 e. The van der Waals surface area contributed by atoms with Gasteiger partial charge in [0, 0.05) is 12.6 Å². The van der Waals surface area contributed by atoms with Crippen LogP contribution in [-0.2, 0) is 11.3 Å². The van der Waals surface area contributed by atoms with Gasteiger partial charge in [0.1, 0.15) is 11.5 Å². The van der Waals surface area contributed by atoms with Crippen molar-refractivity contribution >= 4 is 5.91 Å². The first-order valence-corrected chi connectivity index (χ1v) is 9.46. The predicted octanol–water partition coefficient (Wildman–Crippen LogP) is 3.87. The summed E-state index contributed by atoms with van der Waals surface area (Å²) in [6, 6.07) is 15.0. The van der Waals surface area contributed by atoms with Crippen molar-refractivity contribution in [2.45, 2.75) is 32.9 Å². The molecular formula is C22H25N3O4. The van der Waals surface area contributed by atoms with Gasteiger partial charge in [-0.2, -0.15) is 4.98 Å². The number of carbonyl (C=O) groups is 1. The summed E-state index contributed by atoms with van der Waals surface area (Å²) in [6.45, 7) is 4.07. The zero-order chi connectivity index (χ0) is 20.8. The largest absolute Gasteiger partial charge is 0.497 e. The van der Waals surface area contributed by atoms with Crippen molar-refractivity contribution in [2.24, 2.45) is 0 Å². The van der Waals surface area contributed by atoms with Gasteiger partial charge in [-0.3, -0.25) is 4.79 Å². The second-order valence-corrected chi connectivity index (χ2v) is 6.72. The summed E-state index contributed by atoms with van der Waals surface area (Å²) in [5, 5.41) is 4.01. The second-order valence-electron chi connectivity index (χ2n) is 6.72. The molecule has 2 aromatic carbocycles. The van der Waals surface area contributed by atoms with E-state index in [2.05, 4.69) is 10.1 Å². The topological polar surface area (TPSA) is 77.7 Å². The number of amides is 1. The lowest BCUT2D eigenvalue weighted by atomic mass is 10.2. The molecule has 0 saturated carbocycles. The number of hydrogen-bond donors (Lipinski definition) is 0. The molecule has 152 valence electrons. The van der Waals surface area contributed by atoms with Crippen molar-refractivity contribution in [3.05, 3.63) is 60.0 Å². The minimum absolute atomic E-state index is 0.142. The maximum atomic E-state index is 12.8. The summed E-state index contributed by atoms with van der Waals surface area (Å²) >= 11 is 0. The molecule has 1 aromatic heterocycles. The Kier molecular flexibility index (Phi) is 6.49. The van der Waals surface area contributed by atoms with Gasteiger partial charge in [-0.1, -0.05) is 42.4 Å². The van der Waals surface area contributed by atoms with E-state index in [0.29, 0.717) is 29.6 Å². The highest BCUT2D eigenvalue weighted by Gasteiger charge is 2.24. The van der Waals surface area contributed by atoms with Crippen LogP contribution in [0.1, 0.15) is 24.8 Å². The number of aromatic nitrogens is 2. The molecule has 3 aromatic rings. The molecule has 7 heteroatoms. The van der Waals surface area contributed by atoms with Gasteiger partial charge in [-0.15, -0.1) is 0 Å². The molecule has 1 heterocycles. The van der Waals surface area contributed by atoms with E-state index >= 15 is 0 Å². The molecule has 1 atom stereocenters. The van der Waals surface area contributed by atoms with E-state index in [1.807, 2.05) is 62.4 Å². The van der Waals surface area contributed by atoms with E-state index in [4.69, 9.17) is 14.0 Å². The lowest BCUT2D eigenvalue weighted by Crippen LogP contribution is -2.39. The third-order valence-electron chi connectivity index (χ3n) is 4.55. The van der Waals surface area contributed by atoms with Crippen molar-refractivity contribution in [3.63, 3.8) is 0 Å². The average molecular weight is 395 g/mol. The van der Waals surface area contributed by atoms with E-state index in [1.54, 1.807) is 14.2 Å². The molecule has 1 amide bonds. The Morgan fingerprint density at radius 3 is 2.72 bits per heavy atom. The van der Waals surface area contributed by atoms with Crippen molar-refractivity contribution < 1.29 is 18.8 Å². The highest BCUT2D eigenvalue weighted by atomic mass is 16.5. The van der Waals surface area contributed by atoms with Gasteiger partial charge >= 0.3 is 0 Å². The Morgan fingerprint density at radius 2 is 2.00 bits per heavy atom. The van der Waals surface area contributed by atoms with E-state index in [0.717, 1.165) is 11.1 Å². The van der Waals surface area contributed by atoms with Crippen molar-refractivity contribution in [3.8, 4) is 22.9 Å². The second kappa shape index (κ2) is 9.23. The smallest absolute Gasteiger partial charge is 0.263 e. The van der Waals surface area contributed by atoms with Crippen LogP contribution in [0.5, 0.6) is 11.5 Å². The van der Waals surface area contributed by atoms with Gasteiger partial charge < -0.3 is 18.9 Å². The Labute approximate surface area is 170 Å². The molecule has 0 aliphatic carbocycles. The first kappa shape index (κ1) is 20.4. The fourth-order valence-electron chi connectivity index (χ4n) is 2.88. The SMILES string of the molecule is CCC(Oc1ccccc1C)C(=O)N(C)Cc1nc(-c2cccc(OC)c2)no1. The van der Waals surface area contributed by atoms with Gasteiger partial charge in [0.25, 0.3) is 5.91 Å². The number of aryl methyl sites for hydroxylation is 1. The van der Waals surface area contributed by atoms with Crippen LogP contribution in [0.25, 0.3) is 11.4 Å². The Bertz CT molecular complexity index is 970. The fraction of sp³-hybridized carbons (Fsp3) is 0.318. The van der Waals surface area contributed by atoms with Crippen LogP contribution in [-0.4, -0.2) is 41.2 Å². The normalized spacial score (nSPS) is 11.7. The van der Waals surface area contributed by atoms with Crippen molar-refractivity contribution in [1.82, 2.24) is 15.0 Å². The first-order chi connectivity index (χ1) is 14.0. The number of nitrogens with zero attached hydrogens (tertiary/aromatic N) is 3. The maximum Gasteiger partial charge on any atom is 0.263 e. The first-order valence-electron chi connectivity index (χ1n) is 9.46. The van der Waals surface area contributed by atoms with E-state index in [9.17, 15) is 4.79 Å². The molecule has 29 heavy (non-hydrogen) atoms. The maximum absolute atomic E-state index is 12.8. The third kappa shape index (κ3) is 4.93. The van der Waals surface area contributed by atoms with Crippen LogP contribution >= 0.6 is 0 Å². The molecule has 0 bridgehead atoms. The molecule has 0 aliphatic heterocycles. The van der Waals surface area contributed by atoms with Crippen molar-refractivity contribution in [2.75, 3.05) is 14.2 Å². The number of para-hydroxylation sites is 1. The number of carbonyl (C=O) groups excluding carboxylic acids is 1. The summed E-state index contributed by atoms with van der Waals surface area (Å²) in [5.74, 6) is 2.07. The van der Waals surface area contributed by atoms with Crippen LogP contribution in [0, 0.1) is 6.92 Å². The molecule has 0 N–H and O–H groups in total. The summed E-state index contributed by atoms with van der Waals surface area (Å²) in [5.41, 5.74) is 1.77. The lowest BCUT2D eigenvalue weighted by Gasteiger charge is -2.23. The molecule has 7 nitrogen and oxygen atoms in total. The fourth-order valence-corrected chi connectivity index (χ4v) is 2.88. The number of ether oxygens (including phenoxy) is 2. The van der Waals surface area contributed by atoms with E-state index in [-0.39, 0.29) is 12.5 Å². The molecular weight excluding hydrogens is 370 g/mol. The number of benzene rings is 2. The molecule has 0 aliphatic rings. The summed E-state index contributed by atoms with van der Waals surface area (Å²) in [4.78, 5) is 18.8. The van der Waals surface area contributed by atoms with Gasteiger partial charge in [-0.05, 0) is 37.1 Å². The number of likely N-dealkylation sites (N-methyl/N-ethyl adjacent to an activating group) is 1. The quantitative estimate of drug-likeness (QED) is 0.576.